The molecule has 0 spiro atoms. The number of hydrogen-bond donors (Lipinski definition) is 1. The van der Waals surface area contributed by atoms with E-state index in [9.17, 15) is 12.8 Å². The third kappa shape index (κ3) is 3.41. The number of halogens is 1. The Morgan fingerprint density at radius 3 is 2.19 bits per heavy atom. The minimum Gasteiger partial charge on any atom is -0.472 e. The SMILES string of the molecule is CS(=O)(=O)c1ccc(-c2nc(-c3ccoc3)[nH]c2-c2ccc(F)cc2)cc1. The smallest absolute Gasteiger partial charge is 0.175 e. The summed E-state index contributed by atoms with van der Waals surface area (Å²) in [5.41, 5.74) is 3.63. The summed E-state index contributed by atoms with van der Waals surface area (Å²) in [5.74, 6) is 0.276. The van der Waals surface area contributed by atoms with E-state index in [4.69, 9.17) is 4.42 Å². The van der Waals surface area contributed by atoms with Crippen LogP contribution >= 0.6 is 0 Å². The molecule has 0 saturated carbocycles. The number of nitrogens with zero attached hydrogens (tertiary/aromatic N) is 1. The van der Waals surface area contributed by atoms with Gasteiger partial charge in [-0.05, 0) is 42.5 Å². The highest BCUT2D eigenvalue weighted by molar-refractivity contribution is 7.90. The van der Waals surface area contributed by atoms with E-state index in [2.05, 4.69) is 9.97 Å². The molecule has 0 atom stereocenters. The Labute approximate surface area is 155 Å². The van der Waals surface area contributed by atoms with Crippen LogP contribution in [-0.2, 0) is 9.84 Å². The van der Waals surface area contributed by atoms with Crippen molar-refractivity contribution < 1.29 is 17.2 Å². The van der Waals surface area contributed by atoms with Gasteiger partial charge in [0.15, 0.2) is 9.84 Å². The van der Waals surface area contributed by atoms with Crippen molar-refractivity contribution in [2.75, 3.05) is 6.26 Å². The van der Waals surface area contributed by atoms with E-state index in [0.29, 0.717) is 17.2 Å². The molecule has 1 N–H and O–H groups in total. The Morgan fingerprint density at radius 2 is 1.59 bits per heavy atom. The van der Waals surface area contributed by atoms with Crippen LogP contribution < -0.4 is 0 Å². The number of hydrogen-bond acceptors (Lipinski definition) is 4. The number of H-pyrrole nitrogens is 1. The van der Waals surface area contributed by atoms with Crippen LogP contribution in [0.2, 0.25) is 0 Å². The fraction of sp³-hybridized carbons (Fsp3) is 0.0500. The second-order valence-electron chi connectivity index (χ2n) is 6.12. The lowest BCUT2D eigenvalue weighted by Gasteiger charge is -2.04. The normalized spacial score (nSPS) is 11.6. The molecule has 0 unspecified atom stereocenters. The van der Waals surface area contributed by atoms with Gasteiger partial charge in [0.1, 0.15) is 17.9 Å². The van der Waals surface area contributed by atoms with Crippen LogP contribution in [0.15, 0.2) is 76.4 Å². The second kappa shape index (κ2) is 6.51. The van der Waals surface area contributed by atoms with Crippen molar-refractivity contribution in [1.29, 1.82) is 0 Å². The molecular formula is C20H15FN2O3S. The summed E-state index contributed by atoms with van der Waals surface area (Å²) in [7, 11) is -3.28. The molecular weight excluding hydrogens is 367 g/mol. The molecule has 0 saturated heterocycles. The maximum Gasteiger partial charge on any atom is 0.175 e. The fourth-order valence-corrected chi connectivity index (χ4v) is 3.43. The van der Waals surface area contributed by atoms with Gasteiger partial charge in [-0.2, -0.15) is 0 Å². The molecule has 0 aliphatic rings. The molecule has 4 rings (SSSR count). The van der Waals surface area contributed by atoms with Gasteiger partial charge in [-0.1, -0.05) is 12.1 Å². The standard InChI is InChI=1S/C20H15FN2O3S/c1-27(24,25)17-8-4-14(5-9-17)19-18(13-2-6-16(21)7-3-13)22-20(23-19)15-10-11-26-12-15/h2-12H,1H3,(H,22,23). The number of aromatic nitrogens is 2. The molecule has 7 heteroatoms. The first-order chi connectivity index (χ1) is 12.9. The number of rotatable bonds is 4. The number of nitrogens with one attached hydrogen (secondary N) is 1. The molecule has 4 aromatic rings. The van der Waals surface area contributed by atoms with Crippen molar-refractivity contribution in [3.8, 4) is 33.9 Å². The van der Waals surface area contributed by atoms with Gasteiger partial charge in [0.05, 0.1) is 28.1 Å². The average molecular weight is 382 g/mol. The van der Waals surface area contributed by atoms with Crippen LogP contribution in [0.1, 0.15) is 0 Å². The zero-order chi connectivity index (χ0) is 19.0. The molecule has 0 bridgehead atoms. The van der Waals surface area contributed by atoms with Crippen LogP contribution in [0.5, 0.6) is 0 Å². The third-order valence-electron chi connectivity index (χ3n) is 4.19. The highest BCUT2D eigenvalue weighted by Gasteiger charge is 2.17. The van der Waals surface area contributed by atoms with Gasteiger partial charge in [-0.25, -0.2) is 17.8 Å². The molecule has 2 heterocycles. The Balaban J connectivity index is 1.86. The summed E-state index contributed by atoms with van der Waals surface area (Å²) in [4.78, 5) is 8.14. The van der Waals surface area contributed by atoms with Crippen LogP contribution in [0, 0.1) is 5.82 Å². The van der Waals surface area contributed by atoms with E-state index in [0.717, 1.165) is 22.9 Å². The van der Waals surface area contributed by atoms with Crippen LogP contribution in [0.4, 0.5) is 4.39 Å². The van der Waals surface area contributed by atoms with Crippen molar-refractivity contribution in [3.63, 3.8) is 0 Å². The second-order valence-corrected chi connectivity index (χ2v) is 8.14. The van der Waals surface area contributed by atoms with E-state index >= 15 is 0 Å². The summed E-state index contributed by atoms with van der Waals surface area (Å²) >= 11 is 0. The van der Waals surface area contributed by atoms with Gasteiger partial charge < -0.3 is 9.40 Å². The highest BCUT2D eigenvalue weighted by Crippen LogP contribution is 2.33. The Kier molecular flexibility index (Phi) is 4.16. The first kappa shape index (κ1) is 17.2. The van der Waals surface area contributed by atoms with Crippen molar-refractivity contribution in [2.24, 2.45) is 0 Å². The third-order valence-corrected chi connectivity index (χ3v) is 5.32. The van der Waals surface area contributed by atoms with Crippen molar-refractivity contribution in [2.45, 2.75) is 4.90 Å². The maximum absolute atomic E-state index is 13.3. The summed E-state index contributed by atoms with van der Waals surface area (Å²) in [5, 5.41) is 0. The molecule has 136 valence electrons. The number of sulfone groups is 1. The van der Waals surface area contributed by atoms with Gasteiger partial charge in [-0.3, -0.25) is 0 Å². The number of benzene rings is 2. The van der Waals surface area contributed by atoms with E-state index in [1.165, 1.54) is 12.1 Å². The first-order valence-corrected chi connectivity index (χ1v) is 10.00. The summed E-state index contributed by atoms with van der Waals surface area (Å²) < 4.78 is 41.8. The summed E-state index contributed by atoms with van der Waals surface area (Å²) in [6, 6.07) is 14.4. The molecule has 0 radical (unpaired) electrons. The van der Waals surface area contributed by atoms with E-state index in [1.54, 1.807) is 55.0 Å². The van der Waals surface area contributed by atoms with E-state index in [1.807, 2.05) is 0 Å². The van der Waals surface area contributed by atoms with Crippen LogP contribution in [-0.4, -0.2) is 24.6 Å². The lowest BCUT2D eigenvalue weighted by molar-refractivity contribution is 0.568. The monoisotopic (exact) mass is 382 g/mol. The van der Waals surface area contributed by atoms with Gasteiger partial charge >= 0.3 is 0 Å². The molecule has 0 aliphatic heterocycles. The Morgan fingerprint density at radius 1 is 0.926 bits per heavy atom. The van der Waals surface area contributed by atoms with E-state index < -0.39 is 9.84 Å². The molecule has 27 heavy (non-hydrogen) atoms. The largest absolute Gasteiger partial charge is 0.472 e. The quantitative estimate of drug-likeness (QED) is 0.562. The molecule has 5 nitrogen and oxygen atoms in total. The van der Waals surface area contributed by atoms with Gasteiger partial charge in [0.25, 0.3) is 0 Å². The average Bonchev–Trinajstić information content (AvgIpc) is 3.31. The topological polar surface area (TPSA) is 76.0 Å². The summed E-state index contributed by atoms with van der Waals surface area (Å²) in [6.07, 6.45) is 4.29. The number of aromatic amines is 1. The fourth-order valence-electron chi connectivity index (χ4n) is 2.80. The zero-order valence-corrected chi connectivity index (χ0v) is 15.1. The lowest BCUT2D eigenvalue weighted by Crippen LogP contribution is -1.96. The minimum atomic E-state index is -3.28. The first-order valence-electron chi connectivity index (χ1n) is 8.11. The zero-order valence-electron chi connectivity index (χ0n) is 14.3. The Bertz CT molecular complexity index is 1180. The van der Waals surface area contributed by atoms with Gasteiger partial charge in [0.2, 0.25) is 0 Å². The van der Waals surface area contributed by atoms with Crippen LogP contribution in [0.25, 0.3) is 33.9 Å². The lowest BCUT2D eigenvalue weighted by atomic mass is 10.1. The van der Waals surface area contributed by atoms with Gasteiger partial charge in [-0.15, -0.1) is 0 Å². The highest BCUT2D eigenvalue weighted by atomic mass is 32.2. The van der Waals surface area contributed by atoms with E-state index in [-0.39, 0.29) is 10.7 Å². The Hall–Kier alpha value is -3.19. The van der Waals surface area contributed by atoms with Crippen molar-refractivity contribution >= 4 is 9.84 Å². The minimum absolute atomic E-state index is 0.236. The predicted octanol–water partition coefficient (Wildman–Crippen LogP) is 4.55. The summed E-state index contributed by atoms with van der Waals surface area (Å²) in [6.45, 7) is 0. The molecule has 0 amide bonds. The molecule has 2 aromatic heterocycles. The van der Waals surface area contributed by atoms with Crippen molar-refractivity contribution in [3.05, 3.63) is 72.9 Å². The van der Waals surface area contributed by atoms with Gasteiger partial charge in [0, 0.05) is 17.4 Å². The molecule has 0 fully saturated rings. The number of imidazole rings is 1. The predicted molar refractivity (Wildman–Crippen MR) is 100 cm³/mol. The number of furan rings is 1. The molecule has 0 aliphatic carbocycles. The molecule has 2 aromatic carbocycles. The van der Waals surface area contributed by atoms with Crippen LogP contribution in [0.3, 0.4) is 0 Å². The maximum atomic E-state index is 13.3. The van der Waals surface area contributed by atoms with Crippen molar-refractivity contribution in [1.82, 2.24) is 9.97 Å².